The van der Waals surface area contributed by atoms with Crippen molar-refractivity contribution in [3.63, 3.8) is 0 Å². The Hall–Kier alpha value is -1.53. The third-order valence-electron chi connectivity index (χ3n) is 7.05. The van der Waals surface area contributed by atoms with Gasteiger partial charge in [0.2, 0.25) is 17.7 Å². The van der Waals surface area contributed by atoms with E-state index in [4.69, 9.17) is 0 Å². The smallest absolute Gasteiger partial charge is 0.241 e. The number of carbonyl (C=O) groups excluding carboxylic acids is 3. The van der Waals surface area contributed by atoms with Crippen LogP contribution in [0.1, 0.15) is 13.8 Å². The zero-order valence-electron chi connectivity index (χ0n) is 16.2. The summed E-state index contributed by atoms with van der Waals surface area (Å²) in [7, 11) is 0. The van der Waals surface area contributed by atoms with Gasteiger partial charge in [0, 0.05) is 18.7 Å². The summed E-state index contributed by atoms with van der Waals surface area (Å²) in [6, 6.07) is 14.4. The van der Waals surface area contributed by atoms with Gasteiger partial charge in [-0.2, -0.15) is 0 Å². The topological polar surface area (TPSA) is 77.9 Å². The first-order valence-corrected chi connectivity index (χ1v) is 11.7. The first-order valence-electron chi connectivity index (χ1n) is 9.54. The van der Waals surface area contributed by atoms with Crippen molar-refractivity contribution in [2.24, 2.45) is 22.7 Å². The average molecular weight is 628 g/mol. The minimum atomic E-state index is -1.17. The van der Waals surface area contributed by atoms with Gasteiger partial charge in [-0.3, -0.25) is 19.3 Å². The maximum Gasteiger partial charge on any atom is 0.241 e. The number of aliphatic hydroxyl groups is 1. The fourth-order valence-corrected chi connectivity index (χ4v) is 6.58. The summed E-state index contributed by atoms with van der Waals surface area (Å²) < 4.78 is 2.00. The first kappa shape index (κ1) is 20.4. The molecule has 30 heavy (non-hydrogen) atoms. The van der Waals surface area contributed by atoms with Gasteiger partial charge in [-0.05, 0) is 108 Å². The van der Waals surface area contributed by atoms with Crippen molar-refractivity contribution in [3.8, 4) is 0 Å². The van der Waals surface area contributed by atoms with Crippen LogP contribution in [0, 0.1) is 29.8 Å². The van der Waals surface area contributed by atoms with Gasteiger partial charge in [0.1, 0.15) is 6.23 Å². The minimum Gasteiger partial charge on any atom is -0.373 e. The lowest BCUT2D eigenvalue weighted by Crippen LogP contribution is -2.65. The first-order chi connectivity index (χ1) is 14.1. The van der Waals surface area contributed by atoms with Crippen molar-refractivity contribution >= 4 is 74.3 Å². The second-order valence-corrected chi connectivity index (χ2v) is 11.0. The van der Waals surface area contributed by atoms with E-state index in [9.17, 15) is 19.5 Å². The van der Waals surface area contributed by atoms with Crippen molar-refractivity contribution < 1.29 is 19.5 Å². The van der Waals surface area contributed by atoms with Crippen molar-refractivity contribution in [3.05, 3.63) is 55.7 Å². The number of rotatable bonds is 2. The molecule has 1 aliphatic carbocycles. The minimum absolute atomic E-state index is 0.311. The van der Waals surface area contributed by atoms with E-state index < -0.39 is 28.9 Å². The largest absolute Gasteiger partial charge is 0.373 e. The number of amides is 3. The number of fused-ring (bicyclic) bond motifs is 4. The van der Waals surface area contributed by atoms with Gasteiger partial charge >= 0.3 is 0 Å². The lowest BCUT2D eigenvalue weighted by molar-refractivity contribution is -0.187. The van der Waals surface area contributed by atoms with E-state index >= 15 is 0 Å². The highest BCUT2D eigenvalue weighted by molar-refractivity contribution is 14.1. The van der Waals surface area contributed by atoms with Gasteiger partial charge < -0.3 is 5.11 Å². The fourth-order valence-electron chi connectivity index (χ4n) is 5.86. The zero-order valence-corrected chi connectivity index (χ0v) is 20.5. The highest BCUT2D eigenvalue weighted by Crippen LogP contribution is 2.72. The quantitative estimate of drug-likeness (QED) is 0.409. The van der Waals surface area contributed by atoms with Crippen LogP contribution in [-0.2, 0) is 14.4 Å². The zero-order chi connectivity index (χ0) is 21.6. The van der Waals surface area contributed by atoms with E-state index in [-0.39, 0.29) is 17.7 Å². The number of carbonyl (C=O) groups is 3. The van der Waals surface area contributed by atoms with Crippen LogP contribution >= 0.6 is 45.2 Å². The molecule has 1 N–H and O–H groups in total. The standard InChI is InChI=1S/C22H18I2N2O4/c1-21-15(17(27)25(19(21)29)13-7-3-11(23)4-8-13)22(2)16(21)18(28)26(20(22)30)14-9-5-12(24)6-10-14/h3-10,15-17,27H,1-2H3. The van der Waals surface area contributed by atoms with Gasteiger partial charge in [-0.1, -0.05) is 0 Å². The van der Waals surface area contributed by atoms with E-state index in [0.29, 0.717) is 11.4 Å². The van der Waals surface area contributed by atoms with Gasteiger partial charge in [0.15, 0.2) is 0 Å². The molecule has 5 unspecified atom stereocenters. The van der Waals surface area contributed by atoms with Crippen LogP contribution in [0.15, 0.2) is 48.5 Å². The molecule has 0 bridgehead atoms. The maximum atomic E-state index is 13.5. The van der Waals surface area contributed by atoms with Crippen LogP contribution in [0.4, 0.5) is 11.4 Å². The van der Waals surface area contributed by atoms with E-state index in [0.717, 1.165) is 7.14 Å². The Morgan fingerprint density at radius 2 is 1.27 bits per heavy atom. The van der Waals surface area contributed by atoms with Crippen molar-refractivity contribution in [2.75, 3.05) is 9.80 Å². The van der Waals surface area contributed by atoms with E-state index in [1.54, 1.807) is 38.1 Å². The van der Waals surface area contributed by atoms with Crippen LogP contribution < -0.4 is 9.80 Å². The number of benzene rings is 2. The number of imide groups is 1. The number of aliphatic hydroxyl groups excluding tert-OH is 1. The Morgan fingerprint density at radius 1 is 0.800 bits per heavy atom. The molecular formula is C22H18I2N2O4. The Labute approximate surface area is 200 Å². The molecule has 3 amide bonds. The average Bonchev–Trinajstić information content (AvgIpc) is 2.98. The summed E-state index contributed by atoms with van der Waals surface area (Å²) in [4.78, 5) is 42.9. The Kier molecular flexibility index (Phi) is 4.41. The third-order valence-corrected chi connectivity index (χ3v) is 8.49. The summed E-state index contributed by atoms with van der Waals surface area (Å²) in [6.07, 6.45) is -1.17. The van der Waals surface area contributed by atoms with Crippen LogP contribution in [0.3, 0.4) is 0 Å². The van der Waals surface area contributed by atoms with Crippen LogP contribution in [0.5, 0.6) is 0 Å². The molecule has 0 radical (unpaired) electrons. The molecule has 5 atom stereocenters. The highest BCUT2D eigenvalue weighted by Gasteiger charge is 2.85. The monoisotopic (exact) mass is 628 g/mol. The van der Waals surface area contributed by atoms with Gasteiger partial charge in [-0.25, -0.2) is 4.90 Å². The summed E-state index contributed by atoms with van der Waals surface area (Å²) in [5, 5.41) is 11.2. The van der Waals surface area contributed by atoms with E-state index in [2.05, 4.69) is 45.2 Å². The molecule has 2 saturated heterocycles. The van der Waals surface area contributed by atoms with Gasteiger partial charge in [0.25, 0.3) is 0 Å². The highest BCUT2D eigenvalue weighted by atomic mass is 127. The maximum absolute atomic E-state index is 13.5. The summed E-state index contributed by atoms with van der Waals surface area (Å²) in [5.41, 5.74) is -1.18. The number of halogens is 2. The lowest BCUT2D eigenvalue weighted by atomic mass is 9.41. The number of anilines is 2. The third kappa shape index (κ3) is 2.30. The van der Waals surface area contributed by atoms with Crippen molar-refractivity contribution in [1.82, 2.24) is 0 Å². The molecule has 2 aliphatic heterocycles. The normalized spacial score (nSPS) is 34.8. The number of hydrogen-bond acceptors (Lipinski definition) is 4. The van der Waals surface area contributed by atoms with E-state index in [1.807, 2.05) is 24.3 Å². The molecule has 154 valence electrons. The SMILES string of the molecule is CC12C(=O)N(c3ccc(I)cc3)C(=O)C1C1(C)C(=O)N(c3ccc(I)cc3)C(O)C21. The molecule has 6 nitrogen and oxygen atoms in total. The second-order valence-electron chi connectivity index (χ2n) is 8.50. The molecule has 0 aromatic heterocycles. The van der Waals surface area contributed by atoms with E-state index in [1.165, 1.54) is 9.80 Å². The molecule has 2 heterocycles. The Morgan fingerprint density at radius 3 is 1.80 bits per heavy atom. The Balaban J connectivity index is 1.57. The number of hydrogen-bond donors (Lipinski definition) is 1. The summed E-state index contributed by atoms with van der Waals surface area (Å²) >= 11 is 4.33. The molecule has 3 aliphatic rings. The second kappa shape index (κ2) is 6.49. The molecule has 1 saturated carbocycles. The fraction of sp³-hybridized carbons (Fsp3) is 0.318. The Bertz CT molecular complexity index is 1090. The van der Waals surface area contributed by atoms with Crippen LogP contribution in [0.2, 0.25) is 0 Å². The lowest BCUT2D eigenvalue weighted by Gasteiger charge is -2.55. The van der Waals surface area contributed by atoms with Crippen molar-refractivity contribution in [2.45, 2.75) is 20.1 Å². The summed E-state index contributed by atoms with van der Waals surface area (Å²) in [5.74, 6) is -2.48. The van der Waals surface area contributed by atoms with Crippen LogP contribution in [0.25, 0.3) is 0 Å². The molecule has 5 rings (SSSR count). The van der Waals surface area contributed by atoms with Gasteiger partial charge in [-0.15, -0.1) is 0 Å². The molecule has 2 aromatic carbocycles. The summed E-state index contributed by atoms with van der Waals surface area (Å²) in [6.45, 7) is 3.43. The molecule has 2 aromatic rings. The molecule has 8 heteroatoms. The molecule has 0 spiro atoms. The van der Waals surface area contributed by atoms with Crippen LogP contribution in [-0.4, -0.2) is 29.1 Å². The van der Waals surface area contributed by atoms with Crippen molar-refractivity contribution in [1.29, 1.82) is 0 Å². The predicted molar refractivity (Wildman–Crippen MR) is 127 cm³/mol. The van der Waals surface area contributed by atoms with Gasteiger partial charge in [0.05, 0.1) is 22.4 Å². The predicted octanol–water partition coefficient (Wildman–Crippen LogP) is 3.39. The molecule has 3 fully saturated rings. The molecular weight excluding hydrogens is 610 g/mol. The number of nitrogens with zero attached hydrogens (tertiary/aromatic N) is 2.